The number of nitrogens with two attached hydrogens (primary N) is 1. The number of carboxylic acids is 1. The summed E-state index contributed by atoms with van der Waals surface area (Å²) >= 11 is 0. The number of aliphatic carboxylic acids is 1. The number of hydrogen-bond acceptors (Lipinski definition) is 7. The van der Waals surface area contributed by atoms with Gasteiger partial charge in [0.05, 0.1) is 23.1 Å². The van der Waals surface area contributed by atoms with E-state index < -0.39 is 17.9 Å². The van der Waals surface area contributed by atoms with Crippen LogP contribution in [0.4, 0.5) is 5.69 Å². The third kappa shape index (κ3) is 5.93. The first-order valence-electron chi connectivity index (χ1n) is 12.4. The Morgan fingerprint density at radius 2 is 1.73 bits per heavy atom. The number of imidazole rings is 1. The zero-order chi connectivity index (χ0) is 28.8. The van der Waals surface area contributed by atoms with Crippen LogP contribution in [0.1, 0.15) is 27.2 Å². The summed E-state index contributed by atoms with van der Waals surface area (Å²) in [5, 5.41) is 10.3. The van der Waals surface area contributed by atoms with Crippen LogP contribution in [0.2, 0.25) is 0 Å². The fourth-order valence-electron chi connectivity index (χ4n) is 4.29. The maximum atomic E-state index is 12.3. The molecule has 2 amide bonds. The van der Waals surface area contributed by atoms with Gasteiger partial charge >= 0.3 is 5.97 Å². The number of H-pyrrole nitrogens is 1. The Morgan fingerprint density at radius 3 is 2.34 bits per heavy atom. The number of aromatic nitrogens is 4. The molecule has 5 rings (SSSR count). The number of amides is 2. The molecule has 2 aromatic carbocycles. The predicted octanol–water partition coefficient (Wildman–Crippen LogP) is 2.68. The summed E-state index contributed by atoms with van der Waals surface area (Å²) in [6, 6.07) is 16.5. The molecular formula is C30H23N7O4. The SMILES string of the molecule is NNC(=O)c1cc(-c2ccc(C#Cc3ccc(N(C=O)C(Cc4cnc[nH]4)C(=O)O)cc3)cc2)nc2ccncc12. The van der Waals surface area contributed by atoms with Gasteiger partial charge < -0.3 is 15.0 Å². The smallest absolute Gasteiger partial charge is 0.327 e. The first-order chi connectivity index (χ1) is 20.0. The maximum Gasteiger partial charge on any atom is 0.327 e. The summed E-state index contributed by atoms with van der Waals surface area (Å²) in [5.41, 5.74) is 7.03. The van der Waals surface area contributed by atoms with Gasteiger partial charge in [-0.3, -0.25) is 20.0 Å². The first kappa shape index (κ1) is 26.7. The lowest BCUT2D eigenvalue weighted by molar-refractivity contribution is -0.139. The normalized spacial score (nSPS) is 11.2. The number of pyridine rings is 2. The molecule has 1 unspecified atom stereocenters. The molecule has 0 spiro atoms. The number of fused-ring (bicyclic) bond motifs is 1. The van der Waals surface area contributed by atoms with Gasteiger partial charge in [-0.15, -0.1) is 0 Å². The highest BCUT2D eigenvalue weighted by atomic mass is 16.4. The third-order valence-electron chi connectivity index (χ3n) is 6.39. The number of aromatic amines is 1. The molecule has 11 nitrogen and oxygen atoms in total. The number of nitrogens with one attached hydrogen (secondary N) is 2. The van der Waals surface area contributed by atoms with E-state index >= 15 is 0 Å². The van der Waals surface area contributed by atoms with Crippen LogP contribution in [0.5, 0.6) is 0 Å². The van der Waals surface area contributed by atoms with Crippen LogP contribution in [0, 0.1) is 11.8 Å². The molecule has 5 N–H and O–H groups in total. The van der Waals surface area contributed by atoms with Gasteiger partial charge in [-0.1, -0.05) is 24.0 Å². The van der Waals surface area contributed by atoms with E-state index in [9.17, 15) is 19.5 Å². The quantitative estimate of drug-likeness (QED) is 0.0759. The largest absolute Gasteiger partial charge is 0.480 e. The van der Waals surface area contributed by atoms with Crippen molar-refractivity contribution in [2.75, 3.05) is 4.90 Å². The van der Waals surface area contributed by atoms with Crippen molar-refractivity contribution in [1.82, 2.24) is 25.4 Å². The molecule has 0 radical (unpaired) electrons. The van der Waals surface area contributed by atoms with Crippen LogP contribution in [-0.4, -0.2) is 49.4 Å². The number of carbonyl (C=O) groups excluding carboxylic acids is 2. The molecule has 11 heteroatoms. The highest BCUT2D eigenvalue weighted by Gasteiger charge is 2.26. The zero-order valence-electron chi connectivity index (χ0n) is 21.5. The second kappa shape index (κ2) is 11.9. The predicted molar refractivity (Wildman–Crippen MR) is 151 cm³/mol. The van der Waals surface area contributed by atoms with Gasteiger partial charge in [-0.05, 0) is 48.5 Å². The molecule has 0 saturated carbocycles. The standard InChI is InChI=1S/C30H23N7O4/c31-36-29(39)24-14-27(35-26-11-12-32-16-25(24)26)21-7-3-19(4-8-21)1-2-20-5-9-23(10-6-20)37(18-38)28(30(40)41)13-22-15-33-17-34-22/h3-12,14-18,28H,13,31H2,(H,33,34)(H,36,39)(H,40,41). The molecule has 3 aromatic heterocycles. The molecule has 202 valence electrons. The summed E-state index contributed by atoms with van der Waals surface area (Å²) in [5.74, 6) is 9.96. The topological polar surface area (TPSA) is 167 Å². The fourth-order valence-corrected chi connectivity index (χ4v) is 4.29. The van der Waals surface area contributed by atoms with Crippen molar-refractivity contribution in [2.45, 2.75) is 12.5 Å². The van der Waals surface area contributed by atoms with Gasteiger partial charge in [-0.2, -0.15) is 0 Å². The van der Waals surface area contributed by atoms with Crippen molar-refractivity contribution >= 4 is 34.9 Å². The Balaban J connectivity index is 1.34. The zero-order valence-corrected chi connectivity index (χ0v) is 21.5. The van der Waals surface area contributed by atoms with Crippen molar-refractivity contribution in [3.8, 4) is 23.1 Å². The number of carbonyl (C=O) groups is 3. The summed E-state index contributed by atoms with van der Waals surface area (Å²) in [6.45, 7) is 0. The summed E-state index contributed by atoms with van der Waals surface area (Å²) in [6.07, 6.45) is 6.75. The van der Waals surface area contributed by atoms with Crippen molar-refractivity contribution in [3.63, 3.8) is 0 Å². The lowest BCUT2D eigenvalue weighted by Crippen LogP contribution is -2.42. The molecule has 0 aliphatic rings. The number of hydrogen-bond donors (Lipinski definition) is 4. The highest BCUT2D eigenvalue weighted by molar-refractivity contribution is 6.06. The summed E-state index contributed by atoms with van der Waals surface area (Å²) in [4.78, 5) is 52.7. The minimum absolute atomic E-state index is 0.0824. The number of carboxylic acid groups (broad SMARTS) is 1. The maximum absolute atomic E-state index is 12.3. The molecule has 3 heterocycles. The van der Waals surface area contributed by atoms with Crippen molar-refractivity contribution in [1.29, 1.82) is 0 Å². The molecule has 5 aromatic rings. The highest BCUT2D eigenvalue weighted by Crippen LogP contribution is 2.25. The second-order valence-electron chi connectivity index (χ2n) is 8.94. The Morgan fingerprint density at radius 1 is 1.02 bits per heavy atom. The van der Waals surface area contributed by atoms with E-state index in [-0.39, 0.29) is 6.42 Å². The minimum Gasteiger partial charge on any atom is -0.480 e. The second-order valence-corrected chi connectivity index (χ2v) is 8.94. The Hall–Kier alpha value is -5.86. The Labute approximate surface area is 234 Å². The first-order valence-corrected chi connectivity index (χ1v) is 12.4. The van der Waals surface area contributed by atoms with E-state index in [1.54, 1.807) is 48.8 Å². The van der Waals surface area contributed by atoms with Crippen LogP contribution in [0.3, 0.4) is 0 Å². The number of anilines is 1. The van der Waals surface area contributed by atoms with Gasteiger partial charge in [0.25, 0.3) is 5.91 Å². The third-order valence-corrected chi connectivity index (χ3v) is 6.39. The van der Waals surface area contributed by atoms with E-state index in [0.29, 0.717) is 45.5 Å². The minimum atomic E-state index is -1.13. The average Bonchev–Trinajstić information content (AvgIpc) is 3.53. The van der Waals surface area contributed by atoms with Crippen molar-refractivity contribution in [3.05, 3.63) is 108 Å². The summed E-state index contributed by atoms with van der Waals surface area (Å²) in [7, 11) is 0. The van der Waals surface area contributed by atoms with Crippen LogP contribution in [0.25, 0.3) is 22.2 Å². The molecule has 0 bridgehead atoms. The Kier molecular flexibility index (Phi) is 7.76. The lowest BCUT2D eigenvalue weighted by atomic mass is 10.0. The molecule has 0 aliphatic carbocycles. The van der Waals surface area contributed by atoms with Crippen LogP contribution in [-0.2, 0) is 16.0 Å². The Bertz CT molecular complexity index is 1770. The average molecular weight is 546 g/mol. The van der Waals surface area contributed by atoms with E-state index in [4.69, 9.17) is 5.84 Å². The van der Waals surface area contributed by atoms with Gasteiger partial charge in [-0.25, -0.2) is 20.6 Å². The molecule has 0 aliphatic heterocycles. The van der Waals surface area contributed by atoms with E-state index in [2.05, 4.69) is 37.2 Å². The number of rotatable bonds is 8. The lowest BCUT2D eigenvalue weighted by Gasteiger charge is -2.24. The van der Waals surface area contributed by atoms with Gasteiger partial charge in [0.1, 0.15) is 6.04 Å². The van der Waals surface area contributed by atoms with E-state index in [1.165, 1.54) is 17.4 Å². The van der Waals surface area contributed by atoms with Gasteiger partial charge in [0, 0.05) is 58.5 Å². The number of hydrazine groups is 1. The molecular weight excluding hydrogens is 522 g/mol. The van der Waals surface area contributed by atoms with Crippen LogP contribution >= 0.6 is 0 Å². The van der Waals surface area contributed by atoms with Gasteiger partial charge in [0.2, 0.25) is 6.41 Å². The van der Waals surface area contributed by atoms with Gasteiger partial charge in [0.15, 0.2) is 0 Å². The van der Waals surface area contributed by atoms with Crippen LogP contribution < -0.4 is 16.2 Å². The van der Waals surface area contributed by atoms with Crippen molar-refractivity contribution in [2.24, 2.45) is 5.84 Å². The van der Waals surface area contributed by atoms with Crippen LogP contribution in [0.15, 0.2) is 85.6 Å². The van der Waals surface area contributed by atoms with Crippen molar-refractivity contribution < 1.29 is 19.5 Å². The molecule has 1 atom stereocenters. The molecule has 0 saturated heterocycles. The molecule has 0 fully saturated rings. The molecule has 41 heavy (non-hydrogen) atoms. The summed E-state index contributed by atoms with van der Waals surface area (Å²) < 4.78 is 0. The van der Waals surface area contributed by atoms with E-state index in [1.807, 2.05) is 24.3 Å². The number of nitrogen functional groups attached to an aromatic ring is 1. The van der Waals surface area contributed by atoms with E-state index in [0.717, 1.165) is 11.1 Å². The fraction of sp³-hybridized carbons (Fsp3) is 0.0667. The number of benzene rings is 2. The number of nitrogens with zero attached hydrogens (tertiary/aromatic N) is 4. The monoisotopic (exact) mass is 545 g/mol.